The first kappa shape index (κ1) is 31.6. The lowest BCUT2D eigenvalue weighted by atomic mass is 9.78. The molecule has 4 nitrogen and oxygen atoms in total. The lowest BCUT2D eigenvalue weighted by Crippen LogP contribution is -2.16. The number of hydrogen-bond acceptors (Lipinski definition) is 2. The molecule has 4 aromatic heterocycles. The van der Waals surface area contributed by atoms with Gasteiger partial charge in [-0.1, -0.05) is 111 Å². The number of nitrogens with one attached hydrogen (secondary N) is 1. The number of aromatic amines is 1. The Kier molecular flexibility index (Phi) is 7.47. The van der Waals surface area contributed by atoms with E-state index in [1.807, 2.05) is 12.3 Å². The molecule has 0 unspecified atom stereocenters. The third kappa shape index (κ3) is 5.85. The summed E-state index contributed by atoms with van der Waals surface area (Å²) >= 11 is 0. The predicted molar refractivity (Wildman–Crippen MR) is 203 cm³/mol. The van der Waals surface area contributed by atoms with Crippen LogP contribution in [-0.2, 0) is 16.2 Å². The molecule has 0 saturated carbocycles. The van der Waals surface area contributed by atoms with Crippen LogP contribution >= 0.6 is 0 Å². The van der Waals surface area contributed by atoms with E-state index in [0.29, 0.717) is 0 Å². The third-order valence-electron chi connectivity index (χ3n) is 9.41. The highest BCUT2D eigenvalue weighted by molar-refractivity contribution is 5.95. The second kappa shape index (κ2) is 11.3. The number of rotatable bonds is 4. The van der Waals surface area contributed by atoms with Crippen molar-refractivity contribution in [1.82, 2.24) is 19.5 Å². The predicted octanol–water partition coefficient (Wildman–Crippen LogP) is 11.8. The van der Waals surface area contributed by atoms with Crippen molar-refractivity contribution >= 4 is 21.8 Å². The molecule has 7 aromatic rings. The van der Waals surface area contributed by atoms with Crippen molar-refractivity contribution in [2.45, 2.75) is 78.6 Å². The number of aromatic nitrogens is 4. The van der Waals surface area contributed by atoms with E-state index >= 15 is 0 Å². The number of pyridine rings is 2. The SMILES string of the molecule is CC(C)(C)c1cc(-c2cc(-c3ccccn3)cc(-c3ccc4ccn(-c5[nH]c(C(C)(C)C)c6ccccc56)c4n3)c2)cc(C(C)(C)C)c1. The van der Waals surface area contributed by atoms with Gasteiger partial charge in [0.25, 0.3) is 0 Å². The maximum atomic E-state index is 5.37. The Bertz CT molecular complexity index is 2250. The summed E-state index contributed by atoms with van der Waals surface area (Å²) < 4.78 is 2.21. The van der Waals surface area contributed by atoms with Crippen molar-refractivity contribution < 1.29 is 0 Å². The molecule has 0 aliphatic heterocycles. The molecular weight excluding hydrogens is 585 g/mol. The van der Waals surface area contributed by atoms with E-state index in [-0.39, 0.29) is 16.2 Å². The van der Waals surface area contributed by atoms with Gasteiger partial charge >= 0.3 is 0 Å². The number of hydrogen-bond donors (Lipinski definition) is 1. The zero-order chi connectivity index (χ0) is 34.0. The first-order valence-electron chi connectivity index (χ1n) is 17.0. The largest absolute Gasteiger partial charge is 0.343 e. The molecule has 7 rings (SSSR count). The molecule has 0 atom stereocenters. The average molecular weight is 631 g/mol. The second-order valence-corrected chi connectivity index (χ2v) is 16.3. The number of H-pyrrole nitrogens is 1. The van der Waals surface area contributed by atoms with Crippen molar-refractivity contribution in [2.24, 2.45) is 0 Å². The summed E-state index contributed by atoms with van der Waals surface area (Å²) in [5.41, 5.74) is 11.2. The maximum absolute atomic E-state index is 5.37. The first-order valence-corrected chi connectivity index (χ1v) is 17.0. The minimum absolute atomic E-state index is 0.0181. The third-order valence-corrected chi connectivity index (χ3v) is 9.41. The van der Waals surface area contributed by atoms with Crippen molar-refractivity contribution in [3.8, 4) is 39.5 Å². The summed E-state index contributed by atoms with van der Waals surface area (Å²) in [7, 11) is 0. The Morgan fingerprint density at radius 2 is 1.15 bits per heavy atom. The maximum Gasteiger partial charge on any atom is 0.146 e. The van der Waals surface area contributed by atoms with Crippen LogP contribution in [0.15, 0.2) is 109 Å². The van der Waals surface area contributed by atoms with Gasteiger partial charge in [-0.3, -0.25) is 9.55 Å². The molecule has 0 fully saturated rings. The molecule has 0 amide bonds. The summed E-state index contributed by atoms with van der Waals surface area (Å²) in [6.07, 6.45) is 4.00. The van der Waals surface area contributed by atoms with E-state index < -0.39 is 0 Å². The van der Waals surface area contributed by atoms with Gasteiger partial charge in [0.05, 0.1) is 11.4 Å². The van der Waals surface area contributed by atoms with E-state index in [2.05, 4.69) is 169 Å². The van der Waals surface area contributed by atoms with Gasteiger partial charge in [0.1, 0.15) is 11.5 Å². The Hall–Kier alpha value is -4.96. The van der Waals surface area contributed by atoms with Crippen LogP contribution in [0.1, 0.15) is 79.1 Å². The van der Waals surface area contributed by atoms with Gasteiger partial charge in [-0.05, 0) is 81.6 Å². The molecule has 4 heteroatoms. The summed E-state index contributed by atoms with van der Waals surface area (Å²) in [4.78, 5) is 13.9. The minimum Gasteiger partial charge on any atom is -0.343 e. The summed E-state index contributed by atoms with van der Waals surface area (Å²) in [6.45, 7) is 20.5. The van der Waals surface area contributed by atoms with Crippen molar-refractivity contribution in [1.29, 1.82) is 0 Å². The van der Waals surface area contributed by atoms with Gasteiger partial charge < -0.3 is 4.98 Å². The van der Waals surface area contributed by atoms with Gasteiger partial charge in [0.15, 0.2) is 0 Å². The first-order chi connectivity index (χ1) is 22.7. The fourth-order valence-corrected chi connectivity index (χ4v) is 6.57. The van der Waals surface area contributed by atoms with Gasteiger partial charge in [0, 0.05) is 50.8 Å². The van der Waals surface area contributed by atoms with Crippen LogP contribution in [0.5, 0.6) is 0 Å². The molecular formula is C44H46N4. The van der Waals surface area contributed by atoms with Gasteiger partial charge in [-0.15, -0.1) is 0 Å². The molecule has 0 saturated heterocycles. The molecule has 0 bridgehead atoms. The van der Waals surface area contributed by atoms with Gasteiger partial charge in [0.2, 0.25) is 0 Å². The number of fused-ring (bicyclic) bond motifs is 2. The van der Waals surface area contributed by atoms with Crippen LogP contribution in [0.4, 0.5) is 0 Å². The average Bonchev–Trinajstić information content (AvgIpc) is 3.65. The highest BCUT2D eigenvalue weighted by Gasteiger charge is 2.24. The summed E-state index contributed by atoms with van der Waals surface area (Å²) in [5, 5.41) is 3.54. The molecule has 48 heavy (non-hydrogen) atoms. The highest BCUT2D eigenvalue weighted by atomic mass is 15.1. The van der Waals surface area contributed by atoms with Crippen LogP contribution in [0.3, 0.4) is 0 Å². The molecule has 242 valence electrons. The van der Waals surface area contributed by atoms with Crippen molar-refractivity contribution in [3.63, 3.8) is 0 Å². The van der Waals surface area contributed by atoms with Gasteiger partial charge in [-0.25, -0.2) is 4.98 Å². The summed E-state index contributed by atoms with van der Waals surface area (Å²) in [5.74, 6) is 1.05. The lowest BCUT2D eigenvalue weighted by Gasteiger charge is -2.26. The van der Waals surface area contributed by atoms with E-state index in [1.54, 1.807) is 0 Å². The molecule has 0 aliphatic rings. The topological polar surface area (TPSA) is 46.5 Å². The van der Waals surface area contributed by atoms with Crippen molar-refractivity contribution in [3.05, 3.63) is 126 Å². The van der Waals surface area contributed by atoms with Crippen LogP contribution in [-0.4, -0.2) is 19.5 Å². The standard InChI is InChI=1S/C44H46N4/c1-42(2,3)33-25-30(26-34(27-33)43(4,5)6)29-22-31(37-16-12-13-20-45-37)24-32(23-29)38-18-17-28-19-21-48(40(28)46-38)41-36-15-11-10-14-35(36)39(47-41)44(7,8)9/h10-27,47H,1-9H3. The molecule has 0 radical (unpaired) electrons. The fourth-order valence-electron chi connectivity index (χ4n) is 6.57. The van der Waals surface area contributed by atoms with Crippen LogP contribution in [0.2, 0.25) is 0 Å². The molecule has 1 N–H and O–H groups in total. The van der Waals surface area contributed by atoms with Crippen LogP contribution in [0, 0.1) is 0 Å². The number of benzene rings is 3. The quantitative estimate of drug-likeness (QED) is 0.210. The Morgan fingerprint density at radius 1 is 0.542 bits per heavy atom. The number of nitrogens with zero attached hydrogens (tertiary/aromatic N) is 3. The van der Waals surface area contributed by atoms with E-state index in [4.69, 9.17) is 9.97 Å². The Morgan fingerprint density at radius 3 is 1.77 bits per heavy atom. The van der Waals surface area contributed by atoms with E-state index in [9.17, 15) is 0 Å². The Balaban J connectivity index is 1.44. The molecule has 0 aliphatic carbocycles. The molecule has 0 spiro atoms. The van der Waals surface area contributed by atoms with Crippen LogP contribution < -0.4 is 0 Å². The Labute approximate surface area is 284 Å². The minimum atomic E-state index is -0.0289. The molecule has 4 heterocycles. The van der Waals surface area contributed by atoms with Crippen molar-refractivity contribution in [2.75, 3.05) is 0 Å². The van der Waals surface area contributed by atoms with E-state index in [1.165, 1.54) is 33.2 Å². The van der Waals surface area contributed by atoms with E-state index in [0.717, 1.165) is 44.9 Å². The fraction of sp³-hybridized carbons (Fsp3) is 0.273. The summed E-state index contributed by atoms with van der Waals surface area (Å²) in [6, 6.07) is 35.1. The molecule has 3 aromatic carbocycles. The van der Waals surface area contributed by atoms with Gasteiger partial charge in [-0.2, -0.15) is 0 Å². The lowest BCUT2D eigenvalue weighted by molar-refractivity contribution is 0.569. The second-order valence-electron chi connectivity index (χ2n) is 16.3. The monoisotopic (exact) mass is 630 g/mol. The van der Waals surface area contributed by atoms with Crippen LogP contribution in [0.25, 0.3) is 61.3 Å². The zero-order valence-electron chi connectivity index (χ0n) is 29.7. The normalized spacial score (nSPS) is 12.7. The zero-order valence-corrected chi connectivity index (χ0v) is 29.7. The highest BCUT2D eigenvalue weighted by Crippen LogP contribution is 2.38. The smallest absolute Gasteiger partial charge is 0.146 e.